The van der Waals surface area contributed by atoms with Gasteiger partial charge in [0.2, 0.25) is 11.8 Å². The number of amides is 2. The molecule has 1 atom stereocenters. The van der Waals surface area contributed by atoms with Gasteiger partial charge in [-0.3, -0.25) is 9.59 Å². The molecule has 6 nitrogen and oxygen atoms in total. The van der Waals surface area contributed by atoms with Gasteiger partial charge in [0.1, 0.15) is 6.54 Å². The van der Waals surface area contributed by atoms with E-state index >= 15 is 0 Å². The lowest BCUT2D eigenvalue weighted by Gasteiger charge is -2.19. The van der Waals surface area contributed by atoms with Crippen LogP contribution < -0.4 is 5.32 Å². The van der Waals surface area contributed by atoms with Gasteiger partial charge in [-0.15, -0.1) is 11.8 Å². The van der Waals surface area contributed by atoms with Crippen molar-refractivity contribution in [3.8, 4) is 0 Å². The summed E-state index contributed by atoms with van der Waals surface area (Å²) in [5.41, 5.74) is 1.02. The molecule has 0 aliphatic carbocycles. The normalized spacial score (nSPS) is 16.4. The van der Waals surface area contributed by atoms with Crippen molar-refractivity contribution in [3.05, 3.63) is 30.5 Å². The Kier molecular flexibility index (Phi) is 7.39. The summed E-state index contributed by atoms with van der Waals surface area (Å²) in [5.74, 6) is 0.471. The highest BCUT2D eigenvalue weighted by molar-refractivity contribution is 8.00. The molecule has 0 radical (unpaired) electrons. The largest absolute Gasteiger partial charge is 0.376 e. The number of carbonyl (C=O) groups excluding carboxylic acids is 2. The molecule has 1 aromatic heterocycles. The molecule has 0 unspecified atom stereocenters. The molecule has 0 saturated carbocycles. The number of hydrogen-bond donors (Lipinski definition) is 1. The van der Waals surface area contributed by atoms with Crippen molar-refractivity contribution in [1.29, 1.82) is 0 Å². The Labute approximate surface area is 170 Å². The molecule has 1 saturated heterocycles. The van der Waals surface area contributed by atoms with Crippen LogP contribution in [0.15, 0.2) is 35.4 Å². The zero-order chi connectivity index (χ0) is 19.9. The number of hydrogen-bond acceptors (Lipinski definition) is 4. The van der Waals surface area contributed by atoms with Crippen LogP contribution in [0.5, 0.6) is 0 Å². The van der Waals surface area contributed by atoms with Crippen LogP contribution in [0.4, 0.5) is 0 Å². The molecule has 1 aliphatic rings. The number of ether oxygens (including phenoxy) is 1. The SMILES string of the molecule is CCN(CC)C(=O)Cn1cc(SCC(=O)NC[C@H]2CCCO2)c2ccccc21. The van der Waals surface area contributed by atoms with Crippen LogP contribution in [0.3, 0.4) is 0 Å². The Morgan fingerprint density at radius 1 is 1.29 bits per heavy atom. The van der Waals surface area contributed by atoms with Crippen LogP contribution in [0.25, 0.3) is 10.9 Å². The van der Waals surface area contributed by atoms with Crippen molar-refractivity contribution >= 4 is 34.5 Å². The molecule has 1 aromatic carbocycles. The van der Waals surface area contributed by atoms with Gasteiger partial charge in [-0.05, 0) is 32.8 Å². The third kappa shape index (κ3) is 5.08. The number of nitrogens with zero attached hydrogens (tertiary/aromatic N) is 2. The van der Waals surface area contributed by atoms with Gasteiger partial charge in [0, 0.05) is 48.2 Å². The van der Waals surface area contributed by atoms with E-state index in [2.05, 4.69) is 5.32 Å². The van der Waals surface area contributed by atoms with Crippen molar-refractivity contribution < 1.29 is 14.3 Å². The van der Waals surface area contributed by atoms with E-state index < -0.39 is 0 Å². The number of benzene rings is 1. The van der Waals surface area contributed by atoms with E-state index in [0.717, 1.165) is 35.2 Å². The van der Waals surface area contributed by atoms with E-state index in [9.17, 15) is 9.59 Å². The summed E-state index contributed by atoms with van der Waals surface area (Å²) in [7, 11) is 0. The molecular formula is C21H29N3O3S. The molecule has 1 aliphatic heterocycles. The van der Waals surface area contributed by atoms with Crippen LogP contribution in [-0.4, -0.2) is 59.4 Å². The number of aromatic nitrogens is 1. The highest BCUT2D eigenvalue weighted by Gasteiger charge is 2.17. The fraction of sp³-hybridized carbons (Fsp3) is 0.524. The van der Waals surface area contributed by atoms with Crippen molar-refractivity contribution in [3.63, 3.8) is 0 Å². The van der Waals surface area contributed by atoms with Crippen LogP contribution in [0, 0.1) is 0 Å². The second-order valence-corrected chi connectivity index (χ2v) is 7.95. The summed E-state index contributed by atoms with van der Waals surface area (Å²) < 4.78 is 7.53. The van der Waals surface area contributed by atoms with Gasteiger partial charge in [-0.25, -0.2) is 0 Å². The first-order chi connectivity index (χ1) is 13.6. The van der Waals surface area contributed by atoms with Crippen LogP contribution >= 0.6 is 11.8 Å². The van der Waals surface area contributed by atoms with E-state index in [1.54, 1.807) is 0 Å². The maximum absolute atomic E-state index is 12.5. The third-order valence-electron chi connectivity index (χ3n) is 5.08. The molecule has 3 rings (SSSR count). The van der Waals surface area contributed by atoms with E-state index in [1.807, 2.05) is 53.8 Å². The Balaban J connectivity index is 1.64. The van der Waals surface area contributed by atoms with Crippen molar-refractivity contribution in [2.45, 2.75) is 44.2 Å². The van der Waals surface area contributed by atoms with Gasteiger partial charge in [0.05, 0.1) is 11.9 Å². The summed E-state index contributed by atoms with van der Waals surface area (Å²) in [6, 6.07) is 8.02. The number of carbonyl (C=O) groups is 2. The Hall–Kier alpha value is -1.99. The Bertz CT molecular complexity index is 810. The minimum atomic E-state index is 0.0107. The van der Waals surface area contributed by atoms with Gasteiger partial charge >= 0.3 is 0 Å². The first kappa shape index (κ1) is 20.7. The zero-order valence-electron chi connectivity index (χ0n) is 16.6. The quantitative estimate of drug-likeness (QED) is 0.654. The predicted octanol–water partition coefficient (Wildman–Crippen LogP) is 2.90. The molecule has 1 fully saturated rings. The van der Waals surface area contributed by atoms with E-state index in [0.29, 0.717) is 31.9 Å². The lowest BCUT2D eigenvalue weighted by molar-refractivity contribution is -0.131. The average Bonchev–Trinajstić information content (AvgIpc) is 3.34. The lowest BCUT2D eigenvalue weighted by atomic mass is 10.2. The first-order valence-corrected chi connectivity index (χ1v) is 11.0. The van der Waals surface area contributed by atoms with Crippen molar-refractivity contribution in [1.82, 2.24) is 14.8 Å². The topological polar surface area (TPSA) is 63.6 Å². The molecule has 0 spiro atoms. The summed E-state index contributed by atoms with van der Waals surface area (Å²) >= 11 is 1.51. The van der Waals surface area contributed by atoms with Gasteiger partial charge in [0.25, 0.3) is 0 Å². The molecule has 7 heteroatoms. The van der Waals surface area contributed by atoms with Crippen molar-refractivity contribution in [2.24, 2.45) is 0 Å². The molecule has 28 heavy (non-hydrogen) atoms. The van der Waals surface area contributed by atoms with Crippen LogP contribution in [-0.2, 0) is 20.9 Å². The summed E-state index contributed by atoms with van der Waals surface area (Å²) in [6.07, 6.45) is 4.23. The highest BCUT2D eigenvalue weighted by atomic mass is 32.2. The standard InChI is InChI=1S/C21H29N3O3S/c1-3-23(4-2)21(26)14-24-13-19(17-9-5-6-10-18(17)24)28-15-20(25)22-12-16-8-7-11-27-16/h5-6,9-10,13,16H,3-4,7-8,11-12,14-15H2,1-2H3,(H,22,25)/t16-/m1/s1. The highest BCUT2D eigenvalue weighted by Crippen LogP contribution is 2.30. The Morgan fingerprint density at radius 3 is 2.79 bits per heavy atom. The minimum Gasteiger partial charge on any atom is -0.376 e. The van der Waals surface area contributed by atoms with Gasteiger partial charge in [-0.2, -0.15) is 0 Å². The number of para-hydroxylation sites is 1. The number of nitrogens with one attached hydrogen (secondary N) is 1. The maximum Gasteiger partial charge on any atom is 0.242 e. The van der Waals surface area contributed by atoms with Gasteiger partial charge in [0.15, 0.2) is 0 Å². The molecule has 2 amide bonds. The van der Waals surface area contributed by atoms with E-state index in [-0.39, 0.29) is 17.9 Å². The molecule has 2 heterocycles. The molecule has 0 bridgehead atoms. The minimum absolute atomic E-state index is 0.0107. The zero-order valence-corrected chi connectivity index (χ0v) is 17.5. The average molecular weight is 404 g/mol. The maximum atomic E-state index is 12.5. The predicted molar refractivity (Wildman–Crippen MR) is 113 cm³/mol. The smallest absolute Gasteiger partial charge is 0.242 e. The fourth-order valence-electron chi connectivity index (χ4n) is 3.51. The van der Waals surface area contributed by atoms with E-state index in [1.165, 1.54) is 11.8 Å². The number of fused-ring (bicyclic) bond motifs is 1. The molecule has 152 valence electrons. The molecule has 2 aromatic rings. The Morgan fingerprint density at radius 2 is 2.07 bits per heavy atom. The summed E-state index contributed by atoms with van der Waals surface area (Å²) in [4.78, 5) is 27.6. The second kappa shape index (κ2) is 9.98. The second-order valence-electron chi connectivity index (χ2n) is 6.93. The van der Waals surface area contributed by atoms with E-state index in [4.69, 9.17) is 4.74 Å². The monoisotopic (exact) mass is 403 g/mol. The van der Waals surface area contributed by atoms with Gasteiger partial charge in [-0.1, -0.05) is 18.2 Å². The van der Waals surface area contributed by atoms with Crippen molar-refractivity contribution in [2.75, 3.05) is 32.0 Å². The third-order valence-corrected chi connectivity index (χ3v) is 6.13. The number of likely N-dealkylation sites (N-methyl/N-ethyl adjacent to an activating group) is 1. The lowest BCUT2D eigenvalue weighted by Crippen LogP contribution is -2.33. The van der Waals surface area contributed by atoms with Crippen LogP contribution in [0.1, 0.15) is 26.7 Å². The molecule has 1 N–H and O–H groups in total. The fourth-order valence-corrected chi connectivity index (χ4v) is 4.43. The number of rotatable bonds is 9. The van der Waals surface area contributed by atoms with Gasteiger partial charge < -0.3 is 19.5 Å². The first-order valence-electron chi connectivity index (χ1n) is 9.99. The van der Waals surface area contributed by atoms with Crippen LogP contribution in [0.2, 0.25) is 0 Å². The summed E-state index contributed by atoms with van der Waals surface area (Å²) in [5, 5.41) is 4.04. The molecular weight excluding hydrogens is 374 g/mol. The number of thioether (sulfide) groups is 1. The summed E-state index contributed by atoms with van der Waals surface area (Å²) in [6.45, 7) is 7.09.